The summed E-state index contributed by atoms with van der Waals surface area (Å²) in [6, 6.07) is 0. The molecule has 13 heavy (non-hydrogen) atoms. The van der Waals surface area contributed by atoms with Crippen molar-refractivity contribution in [3.8, 4) is 0 Å². The molecule has 1 aromatic heterocycles. The zero-order chi connectivity index (χ0) is 9.68. The number of hydrogen-bond donors (Lipinski definition) is 0. The number of hydrogen-bond acceptors (Lipinski definition) is 1. The van der Waals surface area contributed by atoms with Crippen molar-refractivity contribution in [2.24, 2.45) is 13.0 Å². The smallest absolute Gasteiger partial charge is 0.0945 e. The van der Waals surface area contributed by atoms with Gasteiger partial charge in [0.2, 0.25) is 0 Å². The van der Waals surface area contributed by atoms with Gasteiger partial charge in [-0.05, 0) is 18.8 Å². The van der Waals surface area contributed by atoms with E-state index >= 15 is 0 Å². The van der Waals surface area contributed by atoms with Gasteiger partial charge in [0.25, 0.3) is 0 Å². The summed E-state index contributed by atoms with van der Waals surface area (Å²) in [6.07, 6.45) is 8.93. The molecule has 2 nitrogen and oxygen atoms in total. The van der Waals surface area contributed by atoms with Crippen LogP contribution in [0.4, 0.5) is 0 Å². The Morgan fingerprint density at radius 3 is 2.85 bits per heavy atom. The molecule has 0 aliphatic carbocycles. The fourth-order valence-corrected chi connectivity index (χ4v) is 1.46. The molecule has 0 aromatic carbocycles. The number of aryl methyl sites for hydroxylation is 2. The summed E-state index contributed by atoms with van der Waals surface area (Å²) in [6.45, 7) is 4.58. The topological polar surface area (TPSA) is 17.8 Å². The Bertz CT molecular complexity index is 240. The minimum atomic E-state index is 0.869. The third-order valence-corrected chi connectivity index (χ3v) is 2.74. The maximum absolute atomic E-state index is 4.10. The fraction of sp³-hybridized carbons (Fsp3) is 0.727. The van der Waals surface area contributed by atoms with Crippen LogP contribution in [0.2, 0.25) is 0 Å². The second-order valence-electron chi connectivity index (χ2n) is 3.90. The third-order valence-electron chi connectivity index (χ3n) is 2.74. The normalized spacial score (nSPS) is 13.2. The SMILES string of the molecule is CCC(C)CCCc1cncn1C. The zero-order valence-corrected chi connectivity index (χ0v) is 8.95. The van der Waals surface area contributed by atoms with Gasteiger partial charge < -0.3 is 4.57 Å². The van der Waals surface area contributed by atoms with Crippen LogP contribution >= 0.6 is 0 Å². The Labute approximate surface area is 81.0 Å². The number of rotatable bonds is 5. The van der Waals surface area contributed by atoms with E-state index in [2.05, 4.69) is 30.4 Å². The minimum absolute atomic E-state index is 0.869. The Balaban J connectivity index is 2.24. The summed E-state index contributed by atoms with van der Waals surface area (Å²) in [7, 11) is 2.06. The lowest BCUT2D eigenvalue weighted by Crippen LogP contribution is -1.98. The molecule has 1 aromatic rings. The first-order valence-corrected chi connectivity index (χ1v) is 5.19. The molecule has 0 bridgehead atoms. The highest BCUT2D eigenvalue weighted by Crippen LogP contribution is 2.12. The number of imidazole rings is 1. The lowest BCUT2D eigenvalue weighted by molar-refractivity contribution is 0.492. The predicted octanol–water partition coefficient (Wildman–Crippen LogP) is 2.79. The molecular weight excluding hydrogens is 160 g/mol. The highest BCUT2D eigenvalue weighted by Gasteiger charge is 2.01. The Kier molecular flexibility index (Phi) is 4.00. The maximum Gasteiger partial charge on any atom is 0.0945 e. The average Bonchev–Trinajstić information content (AvgIpc) is 2.52. The lowest BCUT2D eigenvalue weighted by atomic mass is 10.0. The van der Waals surface area contributed by atoms with Gasteiger partial charge in [0, 0.05) is 18.9 Å². The maximum atomic E-state index is 4.10. The van der Waals surface area contributed by atoms with Crippen molar-refractivity contribution in [3.05, 3.63) is 18.2 Å². The minimum Gasteiger partial charge on any atom is -0.338 e. The molecule has 1 heterocycles. The molecule has 74 valence electrons. The summed E-state index contributed by atoms with van der Waals surface area (Å²) in [4.78, 5) is 4.10. The lowest BCUT2D eigenvalue weighted by Gasteiger charge is -2.07. The van der Waals surface area contributed by atoms with E-state index in [0.717, 1.165) is 5.92 Å². The predicted molar refractivity (Wildman–Crippen MR) is 55.6 cm³/mol. The van der Waals surface area contributed by atoms with E-state index in [1.54, 1.807) is 0 Å². The Morgan fingerprint density at radius 1 is 1.54 bits per heavy atom. The van der Waals surface area contributed by atoms with Gasteiger partial charge in [-0.2, -0.15) is 0 Å². The van der Waals surface area contributed by atoms with E-state index in [1.165, 1.54) is 31.4 Å². The van der Waals surface area contributed by atoms with Crippen LogP contribution < -0.4 is 0 Å². The van der Waals surface area contributed by atoms with Crippen molar-refractivity contribution in [1.29, 1.82) is 0 Å². The molecule has 0 N–H and O–H groups in total. The van der Waals surface area contributed by atoms with Crippen molar-refractivity contribution >= 4 is 0 Å². The fourth-order valence-electron chi connectivity index (χ4n) is 1.46. The molecule has 1 atom stereocenters. The highest BCUT2D eigenvalue weighted by molar-refractivity contribution is 4.97. The second-order valence-corrected chi connectivity index (χ2v) is 3.90. The second kappa shape index (κ2) is 5.05. The van der Waals surface area contributed by atoms with Crippen LogP contribution in [-0.2, 0) is 13.5 Å². The molecule has 0 aliphatic heterocycles. The molecule has 0 amide bonds. The first kappa shape index (κ1) is 10.3. The van der Waals surface area contributed by atoms with E-state index < -0.39 is 0 Å². The Morgan fingerprint density at radius 2 is 2.31 bits per heavy atom. The van der Waals surface area contributed by atoms with Crippen LogP contribution in [-0.4, -0.2) is 9.55 Å². The molecule has 2 heteroatoms. The van der Waals surface area contributed by atoms with E-state index in [9.17, 15) is 0 Å². The average molecular weight is 180 g/mol. The first-order chi connectivity index (χ1) is 6.24. The summed E-state index contributed by atoms with van der Waals surface area (Å²) in [5, 5.41) is 0. The molecule has 0 spiro atoms. The van der Waals surface area contributed by atoms with Gasteiger partial charge in [0.15, 0.2) is 0 Å². The van der Waals surface area contributed by atoms with Gasteiger partial charge in [-0.25, -0.2) is 4.98 Å². The molecule has 0 aliphatic rings. The molecule has 1 unspecified atom stereocenters. The molecule has 0 saturated carbocycles. The van der Waals surface area contributed by atoms with E-state index in [0.29, 0.717) is 0 Å². The third kappa shape index (κ3) is 3.21. The van der Waals surface area contributed by atoms with Crippen molar-refractivity contribution in [1.82, 2.24) is 9.55 Å². The van der Waals surface area contributed by atoms with Crippen molar-refractivity contribution in [2.75, 3.05) is 0 Å². The van der Waals surface area contributed by atoms with Crippen LogP contribution in [0.25, 0.3) is 0 Å². The number of aromatic nitrogens is 2. The first-order valence-electron chi connectivity index (χ1n) is 5.19. The van der Waals surface area contributed by atoms with E-state index in [4.69, 9.17) is 0 Å². The zero-order valence-electron chi connectivity index (χ0n) is 8.95. The quantitative estimate of drug-likeness (QED) is 0.681. The van der Waals surface area contributed by atoms with Gasteiger partial charge in [-0.1, -0.05) is 26.7 Å². The van der Waals surface area contributed by atoms with Crippen molar-refractivity contribution in [2.45, 2.75) is 39.5 Å². The molecular formula is C11H20N2. The van der Waals surface area contributed by atoms with E-state index in [-0.39, 0.29) is 0 Å². The van der Waals surface area contributed by atoms with Gasteiger partial charge in [-0.15, -0.1) is 0 Å². The van der Waals surface area contributed by atoms with Crippen LogP contribution in [0, 0.1) is 5.92 Å². The molecule has 0 fully saturated rings. The van der Waals surface area contributed by atoms with Gasteiger partial charge in [0.05, 0.1) is 6.33 Å². The summed E-state index contributed by atoms with van der Waals surface area (Å²) < 4.78 is 2.11. The van der Waals surface area contributed by atoms with Gasteiger partial charge >= 0.3 is 0 Å². The van der Waals surface area contributed by atoms with Gasteiger partial charge in [-0.3, -0.25) is 0 Å². The van der Waals surface area contributed by atoms with Gasteiger partial charge in [0.1, 0.15) is 0 Å². The molecule has 0 saturated heterocycles. The van der Waals surface area contributed by atoms with Crippen LogP contribution in [0.15, 0.2) is 12.5 Å². The highest BCUT2D eigenvalue weighted by atomic mass is 15.0. The standard InChI is InChI=1S/C11H20N2/c1-4-10(2)6-5-7-11-8-12-9-13(11)3/h8-10H,4-7H2,1-3H3. The number of nitrogens with zero attached hydrogens (tertiary/aromatic N) is 2. The van der Waals surface area contributed by atoms with Crippen LogP contribution in [0.5, 0.6) is 0 Å². The van der Waals surface area contributed by atoms with Crippen LogP contribution in [0.1, 0.15) is 38.8 Å². The van der Waals surface area contributed by atoms with Crippen LogP contribution in [0.3, 0.4) is 0 Å². The summed E-state index contributed by atoms with van der Waals surface area (Å²) in [5.41, 5.74) is 1.35. The Hall–Kier alpha value is -0.790. The van der Waals surface area contributed by atoms with Crippen molar-refractivity contribution < 1.29 is 0 Å². The monoisotopic (exact) mass is 180 g/mol. The largest absolute Gasteiger partial charge is 0.338 e. The molecule has 0 radical (unpaired) electrons. The summed E-state index contributed by atoms with van der Waals surface area (Å²) >= 11 is 0. The van der Waals surface area contributed by atoms with E-state index in [1.807, 2.05) is 12.5 Å². The molecule has 1 rings (SSSR count). The summed E-state index contributed by atoms with van der Waals surface area (Å²) in [5.74, 6) is 0.869. The van der Waals surface area contributed by atoms with Crippen molar-refractivity contribution in [3.63, 3.8) is 0 Å².